The van der Waals surface area contributed by atoms with Gasteiger partial charge in [0.05, 0.1) is 18.3 Å². The van der Waals surface area contributed by atoms with Gasteiger partial charge in [0.15, 0.2) is 0 Å². The maximum Gasteiger partial charge on any atom is 0.105 e. The van der Waals surface area contributed by atoms with Gasteiger partial charge >= 0.3 is 0 Å². The minimum Gasteiger partial charge on any atom is -0.466 e. The molecule has 1 saturated carbocycles. The molecular formula is C16H23N3O2. The zero-order chi connectivity index (χ0) is 15.1. The standard InChI is InChI=1S/C16H23N3O2/c1-9-7-17-19(8-9)16-14(6-15(16)20)18-11(3)13-5-10(2)21-12(13)4/h5,7-8,11,14-16,18,20H,6H2,1-4H3/t11?,14-,15+,16+/m0/s1. The van der Waals surface area contributed by atoms with Crippen LogP contribution in [0.15, 0.2) is 22.9 Å². The van der Waals surface area contributed by atoms with E-state index < -0.39 is 0 Å². The van der Waals surface area contributed by atoms with Crippen LogP contribution in [-0.2, 0) is 0 Å². The van der Waals surface area contributed by atoms with Crippen LogP contribution in [0.1, 0.15) is 48.1 Å². The van der Waals surface area contributed by atoms with Gasteiger partial charge in [0.2, 0.25) is 0 Å². The van der Waals surface area contributed by atoms with Crippen molar-refractivity contribution in [3.63, 3.8) is 0 Å². The Balaban J connectivity index is 1.71. The van der Waals surface area contributed by atoms with Gasteiger partial charge in [0.1, 0.15) is 11.5 Å². The Kier molecular flexibility index (Phi) is 3.63. The van der Waals surface area contributed by atoms with Gasteiger partial charge in [-0.15, -0.1) is 0 Å². The Labute approximate surface area is 125 Å². The van der Waals surface area contributed by atoms with E-state index in [-0.39, 0.29) is 24.2 Å². The van der Waals surface area contributed by atoms with E-state index in [0.29, 0.717) is 0 Å². The predicted molar refractivity (Wildman–Crippen MR) is 80.1 cm³/mol. The van der Waals surface area contributed by atoms with Crippen LogP contribution in [0.5, 0.6) is 0 Å². The lowest BCUT2D eigenvalue weighted by Gasteiger charge is -2.43. The molecule has 0 amide bonds. The number of aromatic nitrogens is 2. The second-order valence-corrected chi connectivity index (χ2v) is 6.15. The smallest absolute Gasteiger partial charge is 0.105 e. The van der Waals surface area contributed by atoms with Crippen molar-refractivity contribution in [2.75, 3.05) is 0 Å². The third-order valence-electron chi connectivity index (χ3n) is 4.35. The first-order chi connectivity index (χ1) is 9.95. The zero-order valence-corrected chi connectivity index (χ0v) is 13.0. The topological polar surface area (TPSA) is 63.2 Å². The van der Waals surface area contributed by atoms with Crippen LogP contribution in [0.4, 0.5) is 0 Å². The summed E-state index contributed by atoms with van der Waals surface area (Å²) < 4.78 is 7.47. The Hall–Kier alpha value is -1.59. The van der Waals surface area contributed by atoms with Crippen LogP contribution in [0.3, 0.4) is 0 Å². The van der Waals surface area contributed by atoms with Crippen molar-refractivity contribution in [3.8, 4) is 0 Å². The first-order valence-electron chi connectivity index (χ1n) is 7.47. The second kappa shape index (κ2) is 5.31. The van der Waals surface area contributed by atoms with E-state index in [4.69, 9.17) is 4.42 Å². The van der Waals surface area contributed by atoms with Gasteiger partial charge in [-0.1, -0.05) is 0 Å². The molecule has 4 atom stereocenters. The molecule has 1 unspecified atom stereocenters. The quantitative estimate of drug-likeness (QED) is 0.907. The van der Waals surface area contributed by atoms with E-state index in [1.807, 2.05) is 37.8 Å². The zero-order valence-electron chi connectivity index (χ0n) is 13.0. The van der Waals surface area contributed by atoms with Crippen molar-refractivity contribution in [2.24, 2.45) is 0 Å². The summed E-state index contributed by atoms with van der Waals surface area (Å²) in [6, 6.07) is 2.51. The third kappa shape index (κ3) is 2.63. The van der Waals surface area contributed by atoms with Gasteiger partial charge in [0.25, 0.3) is 0 Å². The normalized spacial score (nSPS) is 26.6. The summed E-state index contributed by atoms with van der Waals surface area (Å²) in [6.07, 6.45) is 4.24. The molecule has 0 aliphatic heterocycles. The Bertz CT molecular complexity index is 631. The number of hydrogen-bond donors (Lipinski definition) is 2. The van der Waals surface area contributed by atoms with Gasteiger partial charge in [0, 0.05) is 23.8 Å². The fraction of sp³-hybridized carbons (Fsp3) is 0.562. The van der Waals surface area contributed by atoms with Gasteiger partial charge in [-0.3, -0.25) is 4.68 Å². The monoisotopic (exact) mass is 289 g/mol. The van der Waals surface area contributed by atoms with E-state index >= 15 is 0 Å². The lowest BCUT2D eigenvalue weighted by atomic mass is 9.82. The first kappa shape index (κ1) is 14.4. The van der Waals surface area contributed by atoms with Crippen molar-refractivity contribution >= 4 is 0 Å². The minimum atomic E-state index is -0.332. The molecule has 21 heavy (non-hydrogen) atoms. The lowest BCUT2D eigenvalue weighted by molar-refractivity contribution is -0.0111. The highest BCUT2D eigenvalue weighted by Crippen LogP contribution is 2.34. The van der Waals surface area contributed by atoms with Crippen LogP contribution in [0, 0.1) is 20.8 Å². The molecule has 1 aliphatic carbocycles. The van der Waals surface area contributed by atoms with E-state index in [0.717, 1.165) is 23.5 Å². The van der Waals surface area contributed by atoms with Gasteiger partial charge in [-0.25, -0.2) is 0 Å². The highest BCUT2D eigenvalue weighted by atomic mass is 16.3. The molecule has 0 aromatic carbocycles. The number of aryl methyl sites for hydroxylation is 3. The molecule has 1 fully saturated rings. The fourth-order valence-electron chi connectivity index (χ4n) is 3.23. The van der Waals surface area contributed by atoms with E-state index in [1.54, 1.807) is 0 Å². The summed E-state index contributed by atoms with van der Waals surface area (Å²) in [4.78, 5) is 0. The number of furan rings is 1. The van der Waals surface area contributed by atoms with E-state index in [2.05, 4.69) is 23.4 Å². The predicted octanol–water partition coefficient (Wildman–Crippen LogP) is 2.43. The molecule has 5 heteroatoms. The largest absolute Gasteiger partial charge is 0.466 e. The molecule has 114 valence electrons. The number of aliphatic hydroxyl groups excluding tert-OH is 1. The van der Waals surface area contributed by atoms with Crippen molar-refractivity contribution < 1.29 is 9.52 Å². The molecule has 2 aromatic rings. The second-order valence-electron chi connectivity index (χ2n) is 6.15. The minimum absolute atomic E-state index is 0.00875. The molecule has 0 radical (unpaired) electrons. The van der Waals surface area contributed by atoms with Crippen LogP contribution < -0.4 is 5.32 Å². The number of nitrogens with one attached hydrogen (secondary N) is 1. The van der Waals surface area contributed by atoms with Crippen molar-refractivity contribution in [1.82, 2.24) is 15.1 Å². The molecule has 0 spiro atoms. The average Bonchev–Trinajstić information content (AvgIpc) is 2.94. The molecule has 1 aliphatic rings. The number of hydrogen-bond acceptors (Lipinski definition) is 4. The SMILES string of the molecule is Cc1cnn([C@H]2[C@H](O)C[C@@H]2NC(C)c2cc(C)oc2C)c1. The lowest BCUT2D eigenvalue weighted by Crippen LogP contribution is -2.55. The Morgan fingerprint density at radius 2 is 2.19 bits per heavy atom. The van der Waals surface area contributed by atoms with Crippen molar-refractivity contribution in [3.05, 3.63) is 41.1 Å². The molecule has 5 nitrogen and oxygen atoms in total. The number of nitrogens with zero attached hydrogens (tertiary/aromatic N) is 2. The number of rotatable bonds is 4. The third-order valence-corrected chi connectivity index (χ3v) is 4.35. The van der Waals surface area contributed by atoms with Crippen LogP contribution in [-0.4, -0.2) is 27.0 Å². The van der Waals surface area contributed by atoms with Gasteiger partial charge in [-0.05, 0) is 45.7 Å². The van der Waals surface area contributed by atoms with Gasteiger partial charge < -0.3 is 14.8 Å². The van der Waals surface area contributed by atoms with Crippen LogP contribution in [0.2, 0.25) is 0 Å². The Morgan fingerprint density at radius 3 is 2.71 bits per heavy atom. The molecule has 2 heterocycles. The van der Waals surface area contributed by atoms with Gasteiger partial charge in [-0.2, -0.15) is 5.10 Å². The fourth-order valence-corrected chi connectivity index (χ4v) is 3.23. The van der Waals surface area contributed by atoms with Crippen LogP contribution in [0.25, 0.3) is 0 Å². The highest BCUT2D eigenvalue weighted by molar-refractivity contribution is 5.24. The number of aliphatic hydroxyl groups is 1. The molecule has 0 bridgehead atoms. The summed E-state index contributed by atoms with van der Waals surface area (Å²) in [5.41, 5.74) is 2.30. The summed E-state index contributed by atoms with van der Waals surface area (Å²) >= 11 is 0. The molecule has 2 N–H and O–H groups in total. The van der Waals surface area contributed by atoms with E-state index in [1.165, 1.54) is 5.56 Å². The Morgan fingerprint density at radius 1 is 1.43 bits per heavy atom. The molecule has 3 rings (SSSR count). The van der Waals surface area contributed by atoms with E-state index in [9.17, 15) is 5.11 Å². The summed E-state index contributed by atoms with van der Waals surface area (Å²) in [5.74, 6) is 1.89. The van der Waals surface area contributed by atoms with Crippen molar-refractivity contribution in [2.45, 2.75) is 58.3 Å². The first-order valence-corrected chi connectivity index (χ1v) is 7.47. The summed E-state index contributed by atoms with van der Waals surface area (Å²) in [6.45, 7) is 8.10. The summed E-state index contributed by atoms with van der Waals surface area (Å²) in [5, 5.41) is 18.0. The molecule has 2 aromatic heterocycles. The maximum atomic E-state index is 10.1. The molecular weight excluding hydrogens is 266 g/mol. The highest BCUT2D eigenvalue weighted by Gasteiger charge is 2.42. The van der Waals surface area contributed by atoms with Crippen molar-refractivity contribution in [1.29, 1.82) is 0 Å². The maximum absolute atomic E-state index is 10.1. The summed E-state index contributed by atoms with van der Waals surface area (Å²) in [7, 11) is 0. The van der Waals surface area contributed by atoms with Crippen LogP contribution >= 0.6 is 0 Å². The average molecular weight is 289 g/mol. The molecule has 0 saturated heterocycles.